The monoisotopic (exact) mass is 392 g/mol. The minimum atomic E-state index is -3.32. The van der Waals surface area contributed by atoms with Gasteiger partial charge in [-0.25, -0.2) is 8.42 Å². The molecule has 3 saturated carbocycles. The van der Waals surface area contributed by atoms with Crippen LogP contribution >= 0.6 is 0 Å². The molecule has 4 aliphatic rings. The van der Waals surface area contributed by atoms with Gasteiger partial charge in [-0.1, -0.05) is 13.8 Å². The maximum absolute atomic E-state index is 11.9. The molecule has 150 valence electrons. The summed E-state index contributed by atoms with van der Waals surface area (Å²) in [7, 11) is -3.32. The van der Waals surface area contributed by atoms with Crippen LogP contribution in [0.5, 0.6) is 0 Å². The van der Waals surface area contributed by atoms with Crippen molar-refractivity contribution in [3.63, 3.8) is 0 Å². The lowest BCUT2D eigenvalue weighted by Crippen LogP contribution is -2.54. The SMILES string of the molecule is C[C@]12Cc3cn(S(C)(=O)=O)nc3C[C@@H]1CC[C@@H]1[C@@H]2CC[C@]2(C)[C@@H](O)CC[C@@H]12. The van der Waals surface area contributed by atoms with Crippen molar-refractivity contribution in [2.24, 2.45) is 34.5 Å². The number of fused-ring (bicyclic) bond motifs is 6. The largest absolute Gasteiger partial charge is 0.393 e. The van der Waals surface area contributed by atoms with E-state index in [2.05, 4.69) is 18.9 Å². The molecule has 3 fully saturated rings. The lowest BCUT2D eigenvalue weighted by molar-refractivity contribution is -0.111. The molecule has 5 nitrogen and oxygen atoms in total. The number of aliphatic hydroxyl groups excluding tert-OH is 1. The van der Waals surface area contributed by atoms with E-state index >= 15 is 0 Å². The van der Waals surface area contributed by atoms with Crippen LogP contribution in [-0.4, -0.2) is 35.1 Å². The third-order valence-electron chi connectivity index (χ3n) is 9.22. The van der Waals surface area contributed by atoms with Crippen LogP contribution in [-0.2, 0) is 22.9 Å². The first-order chi connectivity index (χ1) is 12.6. The summed E-state index contributed by atoms with van der Waals surface area (Å²) in [4.78, 5) is 0. The molecule has 0 aliphatic heterocycles. The van der Waals surface area contributed by atoms with Crippen molar-refractivity contribution in [3.8, 4) is 0 Å². The Labute approximate surface area is 162 Å². The molecule has 0 aromatic carbocycles. The number of aliphatic hydroxyl groups is 1. The van der Waals surface area contributed by atoms with Crippen LogP contribution in [0.25, 0.3) is 0 Å². The van der Waals surface area contributed by atoms with Gasteiger partial charge in [0.25, 0.3) is 10.0 Å². The van der Waals surface area contributed by atoms with Crippen LogP contribution in [0.1, 0.15) is 63.6 Å². The van der Waals surface area contributed by atoms with Crippen molar-refractivity contribution in [2.75, 3.05) is 6.26 Å². The molecule has 7 atom stereocenters. The molecule has 0 saturated heterocycles. The number of aromatic nitrogens is 2. The molecule has 0 unspecified atom stereocenters. The summed E-state index contributed by atoms with van der Waals surface area (Å²) < 4.78 is 25.1. The lowest BCUT2D eigenvalue weighted by atomic mass is 9.45. The highest BCUT2D eigenvalue weighted by atomic mass is 32.2. The zero-order valence-corrected chi connectivity index (χ0v) is 17.5. The van der Waals surface area contributed by atoms with E-state index in [0.717, 1.165) is 36.9 Å². The number of nitrogens with zero attached hydrogens (tertiary/aromatic N) is 2. The highest BCUT2D eigenvalue weighted by Crippen LogP contribution is 2.65. The van der Waals surface area contributed by atoms with Crippen LogP contribution in [0.2, 0.25) is 0 Å². The normalized spacial score (nSPS) is 46.3. The first kappa shape index (κ1) is 18.2. The summed E-state index contributed by atoms with van der Waals surface area (Å²) in [6.07, 6.45) is 11.7. The van der Waals surface area contributed by atoms with E-state index < -0.39 is 10.0 Å². The summed E-state index contributed by atoms with van der Waals surface area (Å²) >= 11 is 0. The summed E-state index contributed by atoms with van der Waals surface area (Å²) in [5, 5.41) is 15.0. The lowest BCUT2D eigenvalue weighted by Gasteiger charge is -2.59. The van der Waals surface area contributed by atoms with Crippen LogP contribution < -0.4 is 0 Å². The minimum Gasteiger partial charge on any atom is -0.393 e. The first-order valence-corrected chi connectivity index (χ1v) is 12.4. The minimum absolute atomic E-state index is 0.116. The molecule has 1 aromatic heterocycles. The maximum Gasteiger partial charge on any atom is 0.250 e. The Kier molecular flexibility index (Phi) is 3.76. The number of hydrogen-bond donors (Lipinski definition) is 1. The van der Waals surface area contributed by atoms with Crippen molar-refractivity contribution in [1.82, 2.24) is 9.19 Å². The van der Waals surface area contributed by atoms with E-state index in [1.54, 1.807) is 6.20 Å². The highest BCUT2D eigenvalue weighted by Gasteiger charge is 2.60. The molecule has 1 aromatic rings. The van der Waals surface area contributed by atoms with E-state index in [4.69, 9.17) is 0 Å². The van der Waals surface area contributed by atoms with Gasteiger partial charge in [-0.15, -0.1) is 0 Å². The summed E-state index contributed by atoms with van der Waals surface area (Å²) in [6, 6.07) is 0. The fraction of sp³-hybridized carbons (Fsp3) is 0.857. The number of rotatable bonds is 1. The first-order valence-electron chi connectivity index (χ1n) is 10.6. The van der Waals surface area contributed by atoms with E-state index in [-0.39, 0.29) is 16.9 Å². The van der Waals surface area contributed by atoms with Gasteiger partial charge in [0.15, 0.2) is 0 Å². The van der Waals surface area contributed by atoms with Crippen LogP contribution in [0.4, 0.5) is 0 Å². The molecular weight excluding hydrogens is 360 g/mol. The maximum atomic E-state index is 11.9. The fourth-order valence-electron chi connectivity index (χ4n) is 7.67. The van der Waals surface area contributed by atoms with Crippen LogP contribution in [0.15, 0.2) is 6.20 Å². The second kappa shape index (κ2) is 5.59. The number of hydrogen-bond acceptors (Lipinski definition) is 4. The van der Waals surface area contributed by atoms with Gasteiger partial charge in [-0.2, -0.15) is 9.19 Å². The molecule has 0 spiro atoms. The molecule has 4 aliphatic carbocycles. The highest BCUT2D eigenvalue weighted by molar-refractivity contribution is 7.89. The van der Waals surface area contributed by atoms with Crippen LogP contribution in [0.3, 0.4) is 0 Å². The average Bonchev–Trinajstić information content (AvgIpc) is 3.13. The molecule has 1 heterocycles. The Bertz CT molecular complexity index is 878. The van der Waals surface area contributed by atoms with Gasteiger partial charge < -0.3 is 5.11 Å². The summed E-state index contributed by atoms with van der Waals surface area (Å²) in [5.41, 5.74) is 2.49. The molecule has 0 amide bonds. The summed E-state index contributed by atoms with van der Waals surface area (Å²) in [6.45, 7) is 4.79. The smallest absolute Gasteiger partial charge is 0.250 e. The Hall–Kier alpha value is -0.880. The molecule has 0 bridgehead atoms. The zero-order valence-electron chi connectivity index (χ0n) is 16.7. The second-order valence-electron chi connectivity index (χ2n) is 10.4. The Morgan fingerprint density at radius 3 is 2.59 bits per heavy atom. The van der Waals surface area contributed by atoms with Gasteiger partial charge >= 0.3 is 0 Å². The fourth-order valence-corrected chi connectivity index (χ4v) is 8.24. The van der Waals surface area contributed by atoms with E-state index in [9.17, 15) is 13.5 Å². The van der Waals surface area contributed by atoms with Crippen molar-refractivity contribution in [2.45, 2.75) is 71.3 Å². The predicted octanol–water partition coefficient (Wildman–Crippen LogP) is 3.01. The third-order valence-corrected chi connectivity index (χ3v) is 10.1. The van der Waals surface area contributed by atoms with E-state index in [1.807, 2.05) is 0 Å². The molecular formula is C21H32N2O3S. The molecule has 5 rings (SSSR count). The second-order valence-corrected chi connectivity index (χ2v) is 12.3. The van der Waals surface area contributed by atoms with Crippen molar-refractivity contribution >= 4 is 10.0 Å². The van der Waals surface area contributed by atoms with Gasteiger partial charge in [0, 0.05) is 6.20 Å². The standard InChI is InChI=1S/C21H32N2O3S/c1-20-9-8-17-15(16(20)6-7-19(20)24)5-4-14-10-18-13(11-21(14,17)2)12-23(22-18)27(3,25)26/h12,14-17,19,24H,4-11H2,1-3H3/t14-,15-,16-,17-,19-,20-,21-/m0/s1. The van der Waals surface area contributed by atoms with E-state index in [1.165, 1.54) is 36.0 Å². The van der Waals surface area contributed by atoms with Gasteiger partial charge in [0.05, 0.1) is 18.1 Å². The Morgan fingerprint density at radius 1 is 1.11 bits per heavy atom. The quantitative estimate of drug-likeness (QED) is 0.797. The molecule has 0 radical (unpaired) electrons. The Balaban J connectivity index is 1.49. The predicted molar refractivity (Wildman–Crippen MR) is 104 cm³/mol. The van der Waals surface area contributed by atoms with Crippen molar-refractivity contribution in [1.29, 1.82) is 0 Å². The van der Waals surface area contributed by atoms with Gasteiger partial charge in [0.2, 0.25) is 0 Å². The Morgan fingerprint density at radius 2 is 1.85 bits per heavy atom. The average molecular weight is 393 g/mol. The van der Waals surface area contributed by atoms with E-state index in [0.29, 0.717) is 23.7 Å². The van der Waals surface area contributed by atoms with Crippen molar-refractivity contribution < 1.29 is 13.5 Å². The molecule has 6 heteroatoms. The molecule has 27 heavy (non-hydrogen) atoms. The summed E-state index contributed by atoms with van der Waals surface area (Å²) in [5.74, 6) is 2.66. The van der Waals surface area contributed by atoms with Crippen molar-refractivity contribution in [3.05, 3.63) is 17.5 Å². The van der Waals surface area contributed by atoms with Crippen LogP contribution in [0, 0.1) is 34.5 Å². The molecule has 1 N–H and O–H groups in total. The zero-order chi connectivity index (χ0) is 19.2. The topological polar surface area (TPSA) is 72.2 Å². The third kappa shape index (κ3) is 2.44. The van der Waals surface area contributed by atoms with Gasteiger partial charge in [-0.3, -0.25) is 0 Å². The van der Waals surface area contributed by atoms with Gasteiger partial charge in [-0.05, 0) is 91.4 Å². The van der Waals surface area contributed by atoms with Gasteiger partial charge in [0.1, 0.15) is 0 Å².